The van der Waals surface area contributed by atoms with E-state index >= 15 is 0 Å². The number of pyridine rings is 1. The first-order valence-electron chi connectivity index (χ1n) is 3.47. The van der Waals surface area contributed by atoms with Crippen LogP contribution in [0, 0.1) is 0 Å². The minimum atomic E-state index is -0.374. The Morgan fingerprint density at radius 2 is 2.38 bits per heavy atom. The van der Waals surface area contributed by atoms with Gasteiger partial charge in [0.25, 0.3) is 0 Å². The molecular weight excluding hydrogens is 254 g/mol. The van der Waals surface area contributed by atoms with Crippen molar-refractivity contribution in [2.75, 3.05) is 13.4 Å². The molecular formula is C8H8BrNO2S. The Kier molecular flexibility index (Phi) is 3.74. The van der Waals surface area contributed by atoms with Crippen LogP contribution in [0.3, 0.4) is 0 Å². The number of aromatic nitrogens is 1. The first-order chi connectivity index (χ1) is 6.19. The molecule has 0 unspecified atom stereocenters. The Bertz CT molecular complexity index is 330. The van der Waals surface area contributed by atoms with E-state index in [4.69, 9.17) is 0 Å². The fourth-order valence-corrected chi connectivity index (χ4v) is 2.05. The predicted octanol–water partition coefficient (Wildman–Crippen LogP) is 2.35. The lowest BCUT2D eigenvalue weighted by molar-refractivity contribution is 0.0600. The van der Waals surface area contributed by atoms with Gasteiger partial charge in [0.15, 0.2) is 0 Å². The van der Waals surface area contributed by atoms with Crippen LogP contribution >= 0.6 is 27.7 Å². The lowest BCUT2D eigenvalue weighted by atomic mass is 10.3. The van der Waals surface area contributed by atoms with Gasteiger partial charge in [-0.2, -0.15) is 0 Å². The average molecular weight is 262 g/mol. The molecule has 3 nitrogen and oxygen atoms in total. The molecule has 0 N–H and O–H groups in total. The molecule has 13 heavy (non-hydrogen) atoms. The van der Waals surface area contributed by atoms with Crippen molar-refractivity contribution in [1.82, 2.24) is 4.98 Å². The molecule has 0 aliphatic heterocycles. The van der Waals surface area contributed by atoms with Crippen LogP contribution in [0.25, 0.3) is 0 Å². The number of ether oxygens (including phenoxy) is 1. The van der Waals surface area contributed by atoms with Gasteiger partial charge in [0.1, 0.15) is 5.03 Å². The van der Waals surface area contributed by atoms with Crippen LogP contribution in [0.15, 0.2) is 21.8 Å². The number of carbonyl (C=O) groups excluding carboxylic acids is 1. The molecule has 1 heterocycles. The third-order valence-electron chi connectivity index (χ3n) is 1.42. The quantitative estimate of drug-likeness (QED) is 0.605. The zero-order valence-electron chi connectivity index (χ0n) is 7.20. The zero-order valence-corrected chi connectivity index (χ0v) is 9.61. The molecule has 0 aromatic carbocycles. The highest BCUT2D eigenvalue weighted by atomic mass is 79.9. The summed E-state index contributed by atoms with van der Waals surface area (Å²) in [5.74, 6) is -0.374. The summed E-state index contributed by atoms with van der Waals surface area (Å²) in [6.45, 7) is 0. The molecule has 0 radical (unpaired) electrons. The molecule has 0 atom stereocenters. The number of methoxy groups -OCH3 is 1. The number of rotatable bonds is 2. The van der Waals surface area contributed by atoms with Gasteiger partial charge in [-0.3, -0.25) is 0 Å². The topological polar surface area (TPSA) is 39.2 Å². The number of hydrogen-bond acceptors (Lipinski definition) is 4. The van der Waals surface area contributed by atoms with Crippen LogP contribution in [0.2, 0.25) is 0 Å². The van der Waals surface area contributed by atoms with Gasteiger partial charge >= 0.3 is 5.97 Å². The molecule has 0 amide bonds. The van der Waals surface area contributed by atoms with Crippen molar-refractivity contribution in [3.63, 3.8) is 0 Å². The largest absolute Gasteiger partial charge is 0.465 e. The molecule has 0 spiro atoms. The molecule has 0 aliphatic carbocycles. The van der Waals surface area contributed by atoms with E-state index in [0.29, 0.717) is 5.56 Å². The number of thioether (sulfide) groups is 1. The predicted molar refractivity (Wildman–Crippen MR) is 55.1 cm³/mol. The first kappa shape index (κ1) is 10.5. The van der Waals surface area contributed by atoms with Crippen molar-refractivity contribution in [3.05, 3.63) is 22.3 Å². The average Bonchev–Trinajstić information content (AvgIpc) is 2.16. The maximum atomic E-state index is 11.1. The van der Waals surface area contributed by atoms with Gasteiger partial charge in [0.05, 0.1) is 17.1 Å². The molecule has 0 saturated carbocycles. The van der Waals surface area contributed by atoms with Crippen LogP contribution in [-0.2, 0) is 4.74 Å². The maximum absolute atomic E-state index is 11.1. The Hall–Kier alpha value is -0.550. The maximum Gasteiger partial charge on any atom is 0.339 e. The molecule has 1 aromatic rings. The number of nitrogens with zero attached hydrogens (tertiary/aromatic N) is 1. The molecule has 0 saturated heterocycles. The van der Waals surface area contributed by atoms with Gasteiger partial charge in [-0.25, -0.2) is 9.78 Å². The number of halogens is 1. The fourth-order valence-electron chi connectivity index (χ4n) is 0.805. The summed E-state index contributed by atoms with van der Waals surface area (Å²) in [4.78, 5) is 15.2. The van der Waals surface area contributed by atoms with E-state index in [9.17, 15) is 4.79 Å². The second kappa shape index (κ2) is 4.62. The minimum Gasteiger partial charge on any atom is -0.465 e. The fraction of sp³-hybridized carbons (Fsp3) is 0.250. The highest BCUT2D eigenvalue weighted by Gasteiger charge is 2.08. The third-order valence-corrected chi connectivity index (χ3v) is 3.00. The Morgan fingerprint density at radius 1 is 1.69 bits per heavy atom. The smallest absolute Gasteiger partial charge is 0.339 e. The summed E-state index contributed by atoms with van der Waals surface area (Å²) in [6, 6.07) is 1.70. The third kappa shape index (κ3) is 2.45. The molecule has 70 valence electrons. The second-order valence-corrected chi connectivity index (χ2v) is 3.86. The summed E-state index contributed by atoms with van der Waals surface area (Å²) in [5, 5.41) is 0.854. The van der Waals surface area contributed by atoms with E-state index in [1.54, 1.807) is 6.07 Å². The van der Waals surface area contributed by atoms with E-state index in [2.05, 4.69) is 25.7 Å². The molecule has 0 aliphatic rings. The van der Waals surface area contributed by atoms with Crippen molar-refractivity contribution < 1.29 is 9.53 Å². The summed E-state index contributed by atoms with van der Waals surface area (Å²) >= 11 is 4.83. The Balaban J connectivity index is 3.02. The van der Waals surface area contributed by atoms with Crippen molar-refractivity contribution in [2.45, 2.75) is 5.03 Å². The van der Waals surface area contributed by atoms with Gasteiger partial charge in [0.2, 0.25) is 0 Å². The monoisotopic (exact) mass is 261 g/mol. The highest BCUT2D eigenvalue weighted by Crippen LogP contribution is 2.23. The van der Waals surface area contributed by atoms with E-state index in [1.165, 1.54) is 25.1 Å². The second-order valence-electron chi connectivity index (χ2n) is 2.21. The molecule has 5 heteroatoms. The lowest BCUT2D eigenvalue weighted by Gasteiger charge is -2.02. The molecule has 0 bridgehead atoms. The molecule has 1 aromatic heterocycles. The van der Waals surface area contributed by atoms with Crippen LogP contribution in [0.1, 0.15) is 10.4 Å². The van der Waals surface area contributed by atoms with Crippen LogP contribution < -0.4 is 0 Å². The van der Waals surface area contributed by atoms with Crippen molar-refractivity contribution in [2.24, 2.45) is 0 Å². The van der Waals surface area contributed by atoms with E-state index in [0.717, 1.165) is 9.50 Å². The number of esters is 1. The lowest BCUT2D eigenvalue weighted by Crippen LogP contribution is -2.02. The Labute approximate surface area is 89.0 Å². The standard InChI is InChI=1S/C8H8BrNO2S/c1-12-8(11)5-3-6(9)7(13-2)10-4-5/h3-4H,1-2H3. The van der Waals surface area contributed by atoms with Crippen LogP contribution in [-0.4, -0.2) is 24.3 Å². The normalized spacial score (nSPS) is 9.77. The summed E-state index contributed by atoms with van der Waals surface area (Å²) < 4.78 is 5.37. The van der Waals surface area contributed by atoms with E-state index < -0.39 is 0 Å². The Morgan fingerprint density at radius 3 is 2.85 bits per heavy atom. The number of carbonyl (C=O) groups is 1. The SMILES string of the molecule is COC(=O)c1cnc(SC)c(Br)c1. The number of hydrogen-bond donors (Lipinski definition) is 0. The van der Waals surface area contributed by atoms with Gasteiger partial charge in [-0.1, -0.05) is 0 Å². The summed E-state index contributed by atoms with van der Waals surface area (Å²) in [7, 11) is 1.35. The molecule has 1 rings (SSSR count). The molecule has 0 fully saturated rings. The highest BCUT2D eigenvalue weighted by molar-refractivity contribution is 9.10. The first-order valence-corrected chi connectivity index (χ1v) is 5.48. The van der Waals surface area contributed by atoms with Gasteiger partial charge < -0.3 is 4.74 Å². The van der Waals surface area contributed by atoms with Crippen molar-refractivity contribution >= 4 is 33.7 Å². The van der Waals surface area contributed by atoms with Gasteiger partial charge in [-0.05, 0) is 28.3 Å². The van der Waals surface area contributed by atoms with Gasteiger partial charge in [-0.15, -0.1) is 11.8 Å². The van der Waals surface area contributed by atoms with E-state index in [1.807, 2.05) is 6.26 Å². The van der Waals surface area contributed by atoms with Crippen LogP contribution in [0.5, 0.6) is 0 Å². The zero-order chi connectivity index (χ0) is 9.84. The van der Waals surface area contributed by atoms with Crippen LogP contribution in [0.4, 0.5) is 0 Å². The van der Waals surface area contributed by atoms with Crippen molar-refractivity contribution in [1.29, 1.82) is 0 Å². The summed E-state index contributed by atoms with van der Waals surface area (Å²) in [6.07, 6.45) is 3.42. The summed E-state index contributed by atoms with van der Waals surface area (Å²) in [5.41, 5.74) is 0.451. The van der Waals surface area contributed by atoms with E-state index in [-0.39, 0.29) is 5.97 Å². The minimum absolute atomic E-state index is 0.374. The van der Waals surface area contributed by atoms with Crippen molar-refractivity contribution in [3.8, 4) is 0 Å². The van der Waals surface area contributed by atoms with Gasteiger partial charge in [0, 0.05) is 6.20 Å².